The van der Waals surface area contributed by atoms with E-state index in [4.69, 9.17) is 0 Å². The molecule has 0 aromatic heterocycles. The number of carbonyl (C=O) groups excluding carboxylic acids is 2. The number of carbonyl (C=O) groups is 2. The Morgan fingerprint density at radius 3 is 1.94 bits per heavy atom. The number of anilines is 1. The fraction of sp³-hybridized carbons (Fsp3) is 0.556. The second kappa shape index (κ2) is 14.8. The van der Waals surface area contributed by atoms with Crippen molar-refractivity contribution in [3.05, 3.63) is 41.5 Å². The third-order valence-electron chi connectivity index (χ3n) is 6.40. The number of thioether (sulfide) groups is 4. The average Bonchev–Trinajstić information content (AvgIpc) is 2.90. The molecule has 9 heteroatoms. The number of hydrogen-bond acceptors (Lipinski definition) is 8. The molecule has 2 heterocycles. The van der Waals surface area contributed by atoms with Crippen molar-refractivity contribution in [2.24, 2.45) is 0 Å². The highest BCUT2D eigenvalue weighted by atomic mass is 32.2. The normalized spacial score (nSPS) is 19.2. The molecule has 196 valence electrons. The first-order valence-corrected chi connectivity index (χ1v) is 17.5. The van der Waals surface area contributed by atoms with Crippen molar-refractivity contribution in [2.45, 2.75) is 13.3 Å². The van der Waals surface area contributed by atoms with Gasteiger partial charge in [-0.25, -0.2) is 0 Å². The first kappa shape index (κ1) is 28.0. The summed E-state index contributed by atoms with van der Waals surface area (Å²) in [6.07, 6.45) is 0.758. The molecular formula is C27H37N3O2S4. The van der Waals surface area contributed by atoms with Gasteiger partial charge in [-0.05, 0) is 24.6 Å². The summed E-state index contributed by atoms with van der Waals surface area (Å²) in [6, 6.07) is 9.70. The molecule has 2 aliphatic heterocycles. The zero-order chi connectivity index (χ0) is 25.2. The summed E-state index contributed by atoms with van der Waals surface area (Å²) in [6.45, 7) is 6.50. The zero-order valence-electron chi connectivity index (χ0n) is 21.1. The fourth-order valence-corrected chi connectivity index (χ4v) is 8.98. The molecule has 1 fully saturated rings. The standard InChI is InChI=1S/C27H37N3O2S4/c1-2-9-30-26(31)22-5-3-4-21-24(7-6-23(25(21)22)27(30)32)28-8-10-29-11-13-33-15-17-35-19-20-36-18-16-34-14-12-29/h3-7,28H,2,8-20H2,1H3. The molecule has 0 atom stereocenters. The van der Waals surface area contributed by atoms with Crippen LogP contribution in [0.5, 0.6) is 0 Å². The van der Waals surface area contributed by atoms with Crippen LogP contribution in [0.3, 0.4) is 0 Å². The summed E-state index contributed by atoms with van der Waals surface area (Å²) in [5.41, 5.74) is 2.27. The Bertz CT molecular complexity index is 997. The van der Waals surface area contributed by atoms with Gasteiger partial charge in [0, 0.05) is 106 Å². The van der Waals surface area contributed by atoms with Crippen LogP contribution in [0.1, 0.15) is 34.1 Å². The molecule has 0 bridgehead atoms. The van der Waals surface area contributed by atoms with Crippen LogP contribution in [0.15, 0.2) is 30.3 Å². The lowest BCUT2D eigenvalue weighted by Gasteiger charge is -2.28. The maximum absolute atomic E-state index is 13.0. The van der Waals surface area contributed by atoms with E-state index in [9.17, 15) is 9.59 Å². The molecule has 0 saturated carbocycles. The van der Waals surface area contributed by atoms with E-state index in [0.29, 0.717) is 17.7 Å². The minimum absolute atomic E-state index is 0.176. The van der Waals surface area contributed by atoms with Gasteiger partial charge in [0.2, 0.25) is 0 Å². The van der Waals surface area contributed by atoms with Crippen LogP contribution in [0.4, 0.5) is 5.69 Å². The molecule has 1 N–H and O–H groups in total. The Labute approximate surface area is 232 Å². The van der Waals surface area contributed by atoms with Crippen molar-refractivity contribution >= 4 is 75.3 Å². The van der Waals surface area contributed by atoms with E-state index in [0.717, 1.165) is 49.1 Å². The lowest BCUT2D eigenvalue weighted by atomic mass is 9.93. The highest BCUT2D eigenvalue weighted by Gasteiger charge is 2.32. The lowest BCUT2D eigenvalue weighted by molar-refractivity contribution is 0.0610. The zero-order valence-corrected chi connectivity index (χ0v) is 24.4. The van der Waals surface area contributed by atoms with E-state index < -0.39 is 0 Å². The molecule has 0 aliphatic carbocycles. The Hall–Kier alpha value is -1.00. The van der Waals surface area contributed by atoms with Crippen molar-refractivity contribution in [1.29, 1.82) is 0 Å². The van der Waals surface area contributed by atoms with Crippen LogP contribution in [0.2, 0.25) is 0 Å². The van der Waals surface area contributed by atoms with Gasteiger partial charge in [0.25, 0.3) is 11.8 Å². The predicted molar refractivity (Wildman–Crippen MR) is 164 cm³/mol. The molecule has 1 saturated heterocycles. The lowest BCUT2D eigenvalue weighted by Crippen LogP contribution is -2.40. The van der Waals surface area contributed by atoms with Gasteiger partial charge in [-0.15, -0.1) is 0 Å². The van der Waals surface area contributed by atoms with Gasteiger partial charge < -0.3 is 5.32 Å². The number of rotatable bonds is 6. The maximum Gasteiger partial charge on any atom is 0.261 e. The minimum Gasteiger partial charge on any atom is -0.383 e. The van der Waals surface area contributed by atoms with Gasteiger partial charge in [-0.2, -0.15) is 47.0 Å². The number of imide groups is 1. The Morgan fingerprint density at radius 2 is 1.33 bits per heavy atom. The van der Waals surface area contributed by atoms with Gasteiger partial charge >= 0.3 is 0 Å². The SMILES string of the molecule is CCCN1C(=O)c2cccc3c(NCCN4CCSCCSCCSCCSCC4)ccc(c23)C1=O. The van der Waals surface area contributed by atoms with Crippen molar-refractivity contribution in [1.82, 2.24) is 9.80 Å². The van der Waals surface area contributed by atoms with Crippen LogP contribution in [0, 0.1) is 0 Å². The van der Waals surface area contributed by atoms with Gasteiger partial charge in [0.05, 0.1) is 0 Å². The fourth-order valence-electron chi connectivity index (χ4n) is 4.56. The Balaban J connectivity index is 1.40. The van der Waals surface area contributed by atoms with E-state index in [1.54, 1.807) is 0 Å². The average molecular weight is 564 g/mol. The van der Waals surface area contributed by atoms with Gasteiger partial charge in [-0.3, -0.25) is 19.4 Å². The summed E-state index contributed by atoms with van der Waals surface area (Å²) >= 11 is 8.33. The number of amides is 2. The second-order valence-electron chi connectivity index (χ2n) is 8.87. The summed E-state index contributed by atoms with van der Waals surface area (Å²) in [7, 11) is 0. The molecule has 5 nitrogen and oxygen atoms in total. The van der Waals surface area contributed by atoms with Crippen molar-refractivity contribution < 1.29 is 9.59 Å². The highest BCUT2D eigenvalue weighted by molar-refractivity contribution is 8.05. The number of nitrogens with zero attached hydrogens (tertiary/aromatic N) is 2. The molecule has 2 aliphatic rings. The summed E-state index contributed by atoms with van der Waals surface area (Å²) in [5.74, 6) is 9.57. The van der Waals surface area contributed by atoms with Crippen molar-refractivity contribution in [3.63, 3.8) is 0 Å². The molecular weight excluding hydrogens is 527 g/mol. The Kier molecular flexibility index (Phi) is 11.5. The molecule has 0 radical (unpaired) electrons. The predicted octanol–water partition coefficient (Wildman–Crippen LogP) is 5.51. The number of nitrogens with one attached hydrogen (secondary N) is 1. The van der Waals surface area contributed by atoms with Crippen molar-refractivity contribution in [2.75, 3.05) is 84.1 Å². The molecule has 0 spiro atoms. The second-order valence-corrected chi connectivity index (χ2v) is 13.8. The molecule has 0 unspecified atom stereocenters. The Morgan fingerprint density at radius 1 is 0.750 bits per heavy atom. The first-order valence-electron chi connectivity index (χ1n) is 12.9. The van der Waals surface area contributed by atoms with Gasteiger partial charge in [-0.1, -0.05) is 19.1 Å². The van der Waals surface area contributed by atoms with E-state index in [1.165, 1.54) is 50.9 Å². The first-order chi connectivity index (χ1) is 17.7. The monoisotopic (exact) mass is 563 g/mol. The molecule has 2 aromatic carbocycles. The van der Waals surface area contributed by atoms with E-state index >= 15 is 0 Å². The van der Waals surface area contributed by atoms with Crippen LogP contribution < -0.4 is 5.32 Å². The largest absolute Gasteiger partial charge is 0.383 e. The third-order valence-corrected chi connectivity index (χ3v) is 11.1. The summed E-state index contributed by atoms with van der Waals surface area (Å²) in [4.78, 5) is 30.0. The van der Waals surface area contributed by atoms with Gasteiger partial charge in [0.15, 0.2) is 0 Å². The van der Waals surface area contributed by atoms with Crippen LogP contribution in [-0.4, -0.2) is 100 Å². The molecule has 2 amide bonds. The molecule has 4 rings (SSSR count). The van der Waals surface area contributed by atoms with E-state index in [2.05, 4.69) is 57.3 Å². The number of benzene rings is 2. The van der Waals surface area contributed by atoms with Crippen LogP contribution in [0.25, 0.3) is 10.8 Å². The van der Waals surface area contributed by atoms with E-state index in [-0.39, 0.29) is 11.8 Å². The van der Waals surface area contributed by atoms with Crippen molar-refractivity contribution in [3.8, 4) is 0 Å². The maximum atomic E-state index is 13.0. The quantitative estimate of drug-likeness (QED) is 0.462. The van der Waals surface area contributed by atoms with Gasteiger partial charge in [0.1, 0.15) is 0 Å². The summed E-state index contributed by atoms with van der Waals surface area (Å²) in [5, 5.41) is 5.37. The smallest absolute Gasteiger partial charge is 0.261 e. The molecule has 2 aromatic rings. The summed E-state index contributed by atoms with van der Waals surface area (Å²) < 4.78 is 0. The topological polar surface area (TPSA) is 52.7 Å². The third kappa shape index (κ3) is 7.31. The van der Waals surface area contributed by atoms with Crippen LogP contribution >= 0.6 is 47.0 Å². The minimum atomic E-state index is -0.176. The molecule has 36 heavy (non-hydrogen) atoms. The van der Waals surface area contributed by atoms with Crippen LogP contribution in [-0.2, 0) is 0 Å². The number of hydrogen-bond donors (Lipinski definition) is 1. The highest BCUT2D eigenvalue weighted by Crippen LogP contribution is 2.34. The van der Waals surface area contributed by atoms with E-state index in [1.807, 2.05) is 37.3 Å².